The van der Waals surface area contributed by atoms with Crippen LogP contribution in [0, 0.1) is 18.8 Å². The van der Waals surface area contributed by atoms with Gasteiger partial charge in [0.2, 0.25) is 5.91 Å². The van der Waals surface area contributed by atoms with Crippen LogP contribution in [0.5, 0.6) is 0 Å². The zero-order chi connectivity index (χ0) is 13.1. The van der Waals surface area contributed by atoms with Crippen molar-refractivity contribution in [3.8, 4) is 0 Å². The summed E-state index contributed by atoms with van der Waals surface area (Å²) in [5, 5.41) is 16.0. The highest BCUT2D eigenvalue weighted by molar-refractivity contribution is 7.08. The van der Waals surface area contributed by atoms with E-state index in [4.69, 9.17) is 5.11 Å². The Morgan fingerprint density at radius 3 is 2.72 bits per heavy atom. The topological polar surface area (TPSA) is 66.4 Å². The molecule has 2 unspecified atom stereocenters. The molecular formula is C13H17NO3S. The molecule has 0 spiro atoms. The largest absolute Gasteiger partial charge is 0.481 e. The summed E-state index contributed by atoms with van der Waals surface area (Å²) in [6.45, 7) is 2.50. The minimum absolute atomic E-state index is 0.120. The molecule has 1 aromatic rings. The number of rotatable bonds is 4. The molecule has 0 aliphatic heterocycles. The summed E-state index contributed by atoms with van der Waals surface area (Å²) in [4.78, 5) is 23.0. The van der Waals surface area contributed by atoms with Gasteiger partial charge in [0.1, 0.15) is 0 Å². The summed E-state index contributed by atoms with van der Waals surface area (Å²) < 4.78 is 0. The number of thiophene rings is 1. The third-order valence-corrected chi connectivity index (χ3v) is 4.49. The molecule has 5 heteroatoms. The van der Waals surface area contributed by atoms with Gasteiger partial charge in [0, 0.05) is 6.54 Å². The monoisotopic (exact) mass is 267 g/mol. The normalized spacial score (nSPS) is 22.9. The van der Waals surface area contributed by atoms with Crippen molar-refractivity contribution in [3.63, 3.8) is 0 Å². The quantitative estimate of drug-likeness (QED) is 0.878. The second-order valence-electron chi connectivity index (χ2n) is 4.78. The Bertz CT molecular complexity index is 455. The summed E-state index contributed by atoms with van der Waals surface area (Å²) >= 11 is 1.61. The molecule has 0 radical (unpaired) electrons. The first-order valence-electron chi connectivity index (χ1n) is 6.11. The van der Waals surface area contributed by atoms with Crippen molar-refractivity contribution in [1.29, 1.82) is 0 Å². The molecular weight excluding hydrogens is 250 g/mol. The first-order chi connectivity index (χ1) is 8.59. The van der Waals surface area contributed by atoms with Crippen LogP contribution in [0.3, 0.4) is 0 Å². The Kier molecular flexibility index (Phi) is 4.01. The summed E-state index contributed by atoms with van der Waals surface area (Å²) in [6, 6.07) is 0. The van der Waals surface area contributed by atoms with E-state index in [-0.39, 0.29) is 11.8 Å². The maximum atomic E-state index is 12.0. The molecule has 18 heavy (non-hydrogen) atoms. The number of carboxylic acids is 1. The first-order valence-corrected chi connectivity index (χ1v) is 7.06. The Labute approximate surface area is 110 Å². The fraction of sp³-hybridized carbons (Fsp3) is 0.538. The number of hydrogen-bond donors (Lipinski definition) is 2. The van der Waals surface area contributed by atoms with E-state index < -0.39 is 11.9 Å². The molecule has 1 saturated carbocycles. The minimum atomic E-state index is -0.848. The van der Waals surface area contributed by atoms with Crippen molar-refractivity contribution in [1.82, 2.24) is 5.32 Å². The van der Waals surface area contributed by atoms with Crippen LogP contribution in [0.4, 0.5) is 0 Å². The number of nitrogens with one attached hydrogen (secondary N) is 1. The van der Waals surface area contributed by atoms with Crippen molar-refractivity contribution < 1.29 is 14.7 Å². The van der Waals surface area contributed by atoms with Crippen LogP contribution in [-0.4, -0.2) is 17.0 Å². The highest BCUT2D eigenvalue weighted by Gasteiger charge is 2.37. The van der Waals surface area contributed by atoms with Crippen LogP contribution in [0.15, 0.2) is 10.8 Å². The second kappa shape index (κ2) is 5.52. The van der Waals surface area contributed by atoms with E-state index in [1.54, 1.807) is 11.3 Å². The Balaban J connectivity index is 1.92. The van der Waals surface area contributed by atoms with Gasteiger partial charge >= 0.3 is 5.97 Å². The number of carbonyl (C=O) groups is 2. The first kappa shape index (κ1) is 13.1. The average molecular weight is 267 g/mol. The van der Waals surface area contributed by atoms with E-state index in [1.807, 2.05) is 17.7 Å². The molecule has 2 N–H and O–H groups in total. The van der Waals surface area contributed by atoms with Crippen LogP contribution >= 0.6 is 11.3 Å². The number of aliphatic carboxylic acids is 1. The van der Waals surface area contributed by atoms with Gasteiger partial charge in [-0.3, -0.25) is 9.59 Å². The third kappa shape index (κ3) is 2.72. The zero-order valence-corrected chi connectivity index (χ0v) is 11.1. The molecule has 2 atom stereocenters. The van der Waals surface area contributed by atoms with Crippen LogP contribution in [0.25, 0.3) is 0 Å². The van der Waals surface area contributed by atoms with E-state index in [0.29, 0.717) is 19.4 Å². The fourth-order valence-electron chi connectivity index (χ4n) is 2.45. The summed E-state index contributed by atoms with van der Waals surface area (Å²) in [6.07, 6.45) is 2.13. The number of carbonyl (C=O) groups excluding carboxylic acids is 1. The molecule has 2 rings (SSSR count). The second-order valence-corrected chi connectivity index (χ2v) is 5.52. The number of carboxylic acid groups (broad SMARTS) is 1. The minimum Gasteiger partial charge on any atom is -0.481 e. The number of hydrogen-bond acceptors (Lipinski definition) is 3. The van der Waals surface area contributed by atoms with Crippen molar-refractivity contribution in [2.45, 2.75) is 32.7 Å². The van der Waals surface area contributed by atoms with E-state index in [9.17, 15) is 9.59 Å². The van der Waals surface area contributed by atoms with Crippen LogP contribution < -0.4 is 5.32 Å². The maximum absolute atomic E-state index is 12.0. The van der Waals surface area contributed by atoms with Crippen molar-refractivity contribution in [2.75, 3.05) is 0 Å². The molecule has 0 aromatic carbocycles. The molecule has 1 amide bonds. The predicted octanol–water partition coefficient (Wildman–Crippen LogP) is 2.17. The maximum Gasteiger partial charge on any atom is 0.307 e. The van der Waals surface area contributed by atoms with E-state index >= 15 is 0 Å². The molecule has 98 valence electrons. The van der Waals surface area contributed by atoms with Crippen LogP contribution in [0.1, 0.15) is 30.4 Å². The van der Waals surface area contributed by atoms with E-state index in [1.165, 1.54) is 5.56 Å². The fourth-order valence-corrected chi connectivity index (χ4v) is 3.31. The van der Waals surface area contributed by atoms with Gasteiger partial charge in [-0.1, -0.05) is 6.42 Å². The highest BCUT2D eigenvalue weighted by atomic mass is 32.1. The van der Waals surface area contributed by atoms with Gasteiger partial charge in [-0.05, 0) is 41.7 Å². The SMILES string of the molecule is Cc1cscc1CNC(=O)C1CCCC1C(=O)O. The number of aryl methyl sites for hydroxylation is 1. The molecule has 0 saturated heterocycles. The van der Waals surface area contributed by atoms with Crippen molar-refractivity contribution in [3.05, 3.63) is 21.9 Å². The van der Waals surface area contributed by atoms with Gasteiger partial charge in [0.05, 0.1) is 11.8 Å². The molecule has 1 aliphatic carbocycles. The summed E-state index contributed by atoms with van der Waals surface area (Å²) in [7, 11) is 0. The molecule has 1 aliphatic rings. The van der Waals surface area contributed by atoms with Crippen LogP contribution in [0.2, 0.25) is 0 Å². The van der Waals surface area contributed by atoms with Gasteiger partial charge in [-0.25, -0.2) is 0 Å². The lowest BCUT2D eigenvalue weighted by atomic mass is 9.95. The predicted molar refractivity (Wildman–Crippen MR) is 69.4 cm³/mol. The van der Waals surface area contributed by atoms with Crippen LogP contribution in [-0.2, 0) is 16.1 Å². The lowest BCUT2D eigenvalue weighted by Crippen LogP contribution is -2.34. The number of amides is 1. The average Bonchev–Trinajstić information content (AvgIpc) is 2.94. The van der Waals surface area contributed by atoms with E-state index in [0.717, 1.165) is 12.0 Å². The Morgan fingerprint density at radius 2 is 2.11 bits per heavy atom. The van der Waals surface area contributed by atoms with Gasteiger partial charge < -0.3 is 10.4 Å². The molecule has 0 bridgehead atoms. The lowest BCUT2D eigenvalue weighted by molar-refractivity contribution is -0.146. The smallest absolute Gasteiger partial charge is 0.307 e. The molecule has 4 nitrogen and oxygen atoms in total. The molecule has 1 heterocycles. The lowest BCUT2D eigenvalue weighted by Gasteiger charge is -2.15. The Hall–Kier alpha value is -1.36. The van der Waals surface area contributed by atoms with Gasteiger partial charge in [-0.15, -0.1) is 0 Å². The van der Waals surface area contributed by atoms with E-state index in [2.05, 4.69) is 5.32 Å². The summed E-state index contributed by atoms with van der Waals surface area (Å²) in [5.74, 6) is -1.83. The van der Waals surface area contributed by atoms with Gasteiger partial charge in [-0.2, -0.15) is 11.3 Å². The van der Waals surface area contributed by atoms with Crippen molar-refractivity contribution >= 4 is 23.2 Å². The van der Waals surface area contributed by atoms with Crippen molar-refractivity contribution in [2.24, 2.45) is 11.8 Å². The summed E-state index contributed by atoms with van der Waals surface area (Å²) in [5.41, 5.74) is 2.28. The highest BCUT2D eigenvalue weighted by Crippen LogP contribution is 2.32. The van der Waals surface area contributed by atoms with Gasteiger partial charge in [0.25, 0.3) is 0 Å². The standard InChI is InChI=1S/C13H17NO3S/c1-8-6-18-7-9(8)5-14-12(15)10-3-2-4-11(10)13(16)17/h6-7,10-11H,2-5H2,1H3,(H,14,15)(H,16,17). The Morgan fingerprint density at radius 1 is 1.39 bits per heavy atom. The third-order valence-electron chi connectivity index (χ3n) is 3.58. The van der Waals surface area contributed by atoms with Gasteiger partial charge in [0.15, 0.2) is 0 Å². The molecule has 1 aromatic heterocycles. The molecule has 1 fully saturated rings. The zero-order valence-electron chi connectivity index (χ0n) is 10.3.